The van der Waals surface area contributed by atoms with Crippen LogP contribution in [0.5, 0.6) is 0 Å². The third-order valence-electron chi connectivity index (χ3n) is 5.53. The first kappa shape index (κ1) is 21.9. The first-order valence-electron chi connectivity index (χ1n) is 9.91. The molecule has 2 aromatic carbocycles. The van der Waals surface area contributed by atoms with Gasteiger partial charge in [-0.15, -0.1) is 0 Å². The maximum Gasteiger partial charge on any atom is 0.416 e. The van der Waals surface area contributed by atoms with Crippen molar-refractivity contribution >= 4 is 5.69 Å². The highest BCUT2D eigenvalue weighted by Gasteiger charge is 2.37. The van der Waals surface area contributed by atoms with Crippen LogP contribution in [0.25, 0.3) is 0 Å². The molecule has 0 fully saturated rings. The summed E-state index contributed by atoms with van der Waals surface area (Å²) in [5.74, 6) is -0.924. The molecule has 0 bridgehead atoms. The van der Waals surface area contributed by atoms with E-state index in [1.807, 2.05) is 31.9 Å². The second-order valence-corrected chi connectivity index (χ2v) is 7.90. The standard InChI is InChI=1S/C23H25F3N2O2/c1-15-11-16(2)22(17(3)12-15)27-10-6-7-18(13-27)20(14-28(29)30)19-8-4-5-9-21(19)23(24,25)26/h4-5,8-9,11-13,20H,6-7,10,14H2,1-3H3. The summed E-state index contributed by atoms with van der Waals surface area (Å²) in [6.45, 7) is 6.18. The Morgan fingerprint density at radius 3 is 2.37 bits per heavy atom. The van der Waals surface area contributed by atoms with Crippen LogP contribution in [-0.4, -0.2) is 18.0 Å². The Morgan fingerprint density at radius 1 is 1.13 bits per heavy atom. The Morgan fingerprint density at radius 2 is 1.77 bits per heavy atom. The van der Waals surface area contributed by atoms with Gasteiger partial charge in [0, 0.05) is 23.4 Å². The average molecular weight is 418 g/mol. The van der Waals surface area contributed by atoms with Gasteiger partial charge in [-0.05, 0) is 61.9 Å². The molecule has 1 heterocycles. The maximum absolute atomic E-state index is 13.6. The van der Waals surface area contributed by atoms with E-state index < -0.39 is 29.1 Å². The number of hydrogen-bond acceptors (Lipinski definition) is 3. The summed E-state index contributed by atoms with van der Waals surface area (Å²) < 4.78 is 40.8. The fourth-order valence-corrected chi connectivity index (χ4v) is 4.47. The minimum absolute atomic E-state index is 0.0350. The lowest BCUT2D eigenvalue weighted by Crippen LogP contribution is -2.28. The molecule has 2 aromatic rings. The molecule has 0 spiro atoms. The van der Waals surface area contributed by atoms with Crippen molar-refractivity contribution in [2.45, 2.75) is 45.7 Å². The molecule has 160 valence electrons. The molecule has 3 rings (SSSR count). The monoisotopic (exact) mass is 418 g/mol. The molecule has 0 N–H and O–H groups in total. The van der Waals surface area contributed by atoms with Crippen molar-refractivity contribution in [2.75, 3.05) is 18.0 Å². The van der Waals surface area contributed by atoms with Crippen molar-refractivity contribution in [1.29, 1.82) is 0 Å². The number of aryl methyl sites for hydroxylation is 3. The molecular formula is C23H25F3N2O2. The van der Waals surface area contributed by atoms with Crippen molar-refractivity contribution in [3.63, 3.8) is 0 Å². The lowest BCUT2D eigenvalue weighted by molar-refractivity contribution is -0.482. The van der Waals surface area contributed by atoms with E-state index >= 15 is 0 Å². The second-order valence-electron chi connectivity index (χ2n) is 7.90. The van der Waals surface area contributed by atoms with Gasteiger partial charge in [0.1, 0.15) is 0 Å². The van der Waals surface area contributed by atoms with Gasteiger partial charge in [-0.2, -0.15) is 13.2 Å². The number of halogens is 3. The molecule has 1 unspecified atom stereocenters. The van der Waals surface area contributed by atoms with Crippen molar-refractivity contribution in [3.8, 4) is 0 Å². The smallest absolute Gasteiger partial charge is 0.348 e. The molecule has 0 aromatic heterocycles. The summed E-state index contributed by atoms with van der Waals surface area (Å²) in [5.41, 5.74) is 4.12. The fraction of sp³-hybridized carbons (Fsp3) is 0.391. The number of hydrogen-bond donors (Lipinski definition) is 0. The first-order chi connectivity index (χ1) is 14.1. The average Bonchev–Trinajstić information content (AvgIpc) is 2.65. The second kappa shape index (κ2) is 8.50. The summed E-state index contributed by atoms with van der Waals surface area (Å²) in [6.07, 6.45) is -1.48. The SMILES string of the molecule is Cc1cc(C)c(N2C=C(C(C[N+](=O)[O-])c3ccccc3C(F)(F)F)CCC2)c(C)c1. The normalized spacial score (nSPS) is 15.7. The quantitative estimate of drug-likeness (QED) is 0.431. The predicted molar refractivity (Wildman–Crippen MR) is 111 cm³/mol. The summed E-state index contributed by atoms with van der Waals surface area (Å²) in [7, 11) is 0. The van der Waals surface area contributed by atoms with Crippen LogP contribution in [0.15, 0.2) is 48.2 Å². The van der Waals surface area contributed by atoms with E-state index in [2.05, 4.69) is 12.1 Å². The molecule has 7 heteroatoms. The van der Waals surface area contributed by atoms with Crippen LogP contribution in [-0.2, 0) is 6.18 Å². The van der Waals surface area contributed by atoms with Crippen LogP contribution in [0, 0.1) is 30.9 Å². The summed E-state index contributed by atoms with van der Waals surface area (Å²) >= 11 is 0. The van der Waals surface area contributed by atoms with Crippen molar-refractivity contribution in [2.24, 2.45) is 0 Å². The predicted octanol–water partition coefficient (Wildman–Crippen LogP) is 6.18. The van der Waals surface area contributed by atoms with Crippen LogP contribution in [0.4, 0.5) is 18.9 Å². The van der Waals surface area contributed by atoms with Gasteiger partial charge in [0.25, 0.3) is 0 Å². The molecule has 30 heavy (non-hydrogen) atoms. The van der Waals surface area contributed by atoms with Crippen molar-refractivity contribution < 1.29 is 18.1 Å². The Hall–Kier alpha value is -2.83. The van der Waals surface area contributed by atoms with Gasteiger partial charge in [-0.3, -0.25) is 10.1 Å². The number of anilines is 1. The molecule has 1 aliphatic heterocycles. The molecule has 1 atom stereocenters. The lowest BCUT2D eigenvalue weighted by atomic mass is 9.84. The number of nitrogens with zero attached hydrogens (tertiary/aromatic N) is 2. The molecule has 0 saturated heterocycles. The largest absolute Gasteiger partial charge is 0.416 e. The molecule has 0 aliphatic carbocycles. The maximum atomic E-state index is 13.6. The van der Waals surface area contributed by atoms with Gasteiger partial charge in [-0.1, -0.05) is 35.9 Å². The Balaban J connectivity index is 2.09. The Kier molecular flexibility index (Phi) is 6.19. The van der Waals surface area contributed by atoms with E-state index in [0.717, 1.165) is 41.4 Å². The summed E-state index contributed by atoms with van der Waals surface area (Å²) in [5, 5.41) is 11.4. The van der Waals surface area contributed by atoms with Gasteiger partial charge in [0.2, 0.25) is 6.54 Å². The number of rotatable bonds is 5. The van der Waals surface area contributed by atoms with E-state index in [0.29, 0.717) is 12.0 Å². The van der Waals surface area contributed by atoms with Crippen LogP contribution in [0.1, 0.15) is 46.6 Å². The first-order valence-corrected chi connectivity index (χ1v) is 9.91. The zero-order chi connectivity index (χ0) is 22.1. The lowest BCUT2D eigenvalue weighted by Gasteiger charge is -2.32. The number of nitro groups is 1. The third kappa shape index (κ3) is 4.66. The van der Waals surface area contributed by atoms with Gasteiger partial charge >= 0.3 is 6.18 Å². The van der Waals surface area contributed by atoms with Crippen LogP contribution in [0.3, 0.4) is 0 Å². The molecule has 0 radical (unpaired) electrons. The van der Waals surface area contributed by atoms with E-state index in [1.165, 1.54) is 18.2 Å². The van der Waals surface area contributed by atoms with Gasteiger partial charge in [0.05, 0.1) is 11.5 Å². The molecule has 4 nitrogen and oxygen atoms in total. The fourth-order valence-electron chi connectivity index (χ4n) is 4.47. The molecule has 0 saturated carbocycles. The zero-order valence-corrected chi connectivity index (χ0v) is 17.3. The van der Waals surface area contributed by atoms with Crippen molar-refractivity contribution in [1.82, 2.24) is 0 Å². The highest BCUT2D eigenvalue weighted by molar-refractivity contribution is 5.63. The van der Waals surface area contributed by atoms with Crippen LogP contribution < -0.4 is 4.90 Å². The highest BCUT2D eigenvalue weighted by Crippen LogP contribution is 2.40. The highest BCUT2D eigenvalue weighted by atomic mass is 19.4. The zero-order valence-electron chi connectivity index (χ0n) is 17.3. The van der Waals surface area contributed by atoms with Crippen LogP contribution >= 0.6 is 0 Å². The summed E-state index contributed by atoms with van der Waals surface area (Å²) in [4.78, 5) is 12.9. The number of benzene rings is 2. The van der Waals surface area contributed by atoms with Gasteiger partial charge in [0.15, 0.2) is 0 Å². The topological polar surface area (TPSA) is 46.4 Å². The molecular weight excluding hydrogens is 393 g/mol. The van der Waals surface area contributed by atoms with Gasteiger partial charge in [-0.25, -0.2) is 0 Å². The van der Waals surface area contributed by atoms with E-state index in [1.54, 1.807) is 0 Å². The Bertz CT molecular complexity index is 960. The third-order valence-corrected chi connectivity index (χ3v) is 5.53. The van der Waals surface area contributed by atoms with E-state index in [-0.39, 0.29) is 5.56 Å². The molecule has 1 aliphatic rings. The summed E-state index contributed by atoms with van der Waals surface area (Å²) in [6, 6.07) is 9.32. The van der Waals surface area contributed by atoms with E-state index in [9.17, 15) is 23.3 Å². The van der Waals surface area contributed by atoms with Gasteiger partial charge < -0.3 is 4.90 Å². The minimum atomic E-state index is -4.56. The van der Waals surface area contributed by atoms with E-state index in [4.69, 9.17) is 0 Å². The Labute approximate surface area is 174 Å². The molecule has 0 amide bonds. The minimum Gasteiger partial charge on any atom is -0.348 e. The van der Waals surface area contributed by atoms with Crippen LogP contribution in [0.2, 0.25) is 0 Å². The number of alkyl halides is 3. The van der Waals surface area contributed by atoms with Crippen molar-refractivity contribution in [3.05, 3.63) is 86.1 Å².